The van der Waals surface area contributed by atoms with Crippen molar-refractivity contribution in [1.29, 1.82) is 0 Å². The predicted molar refractivity (Wildman–Crippen MR) is 86.7 cm³/mol. The molecule has 0 radical (unpaired) electrons. The molecule has 2 aromatic rings. The van der Waals surface area contributed by atoms with Gasteiger partial charge in [-0.15, -0.1) is 0 Å². The van der Waals surface area contributed by atoms with Gasteiger partial charge < -0.3 is 10.2 Å². The van der Waals surface area contributed by atoms with Crippen molar-refractivity contribution in [3.8, 4) is 0 Å². The van der Waals surface area contributed by atoms with Gasteiger partial charge in [-0.1, -0.05) is 0 Å². The molecule has 1 aliphatic rings. The van der Waals surface area contributed by atoms with Crippen LogP contribution in [0, 0.1) is 0 Å². The van der Waals surface area contributed by atoms with E-state index < -0.39 is 0 Å². The van der Waals surface area contributed by atoms with E-state index in [-0.39, 0.29) is 11.9 Å². The normalized spacial score (nSPS) is 15.6. The van der Waals surface area contributed by atoms with Crippen molar-refractivity contribution < 1.29 is 4.79 Å². The van der Waals surface area contributed by atoms with Crippen molar-refractivity contribution in [3.63, 3.8) is 0 Å². The molecule has 3 rings (SSSR count). The van der Waals surface area contributed by atoms with E-state index >= 15 is 0 Å². The van der Waals surface area contributed by atoms with E-state index in [4.69, 9.17) is 0 Å². The molecule has 0 bridgehead atoms. The molecule has 7 heteroatoms. The minimum atomic E-state index is -0.136. The monoisotopic (exact) mass is 361 g/mol. The van der Waals surface area contributed by atoms with Crippen LogP contribution >= 0.6 is 15.9 Å². The van der Waals surface area contributed by atoms with Crippen LogP contribution in [0.25, 0.3) is 0 Å². The molecule has 1 fully saturated rings. The summed E-state index contributed by atoms with van der Waals surface area (Å²) in [5.41, 5.74) is 0.409. The molecule has 6 nitrogen and oxygen atoms in total. The number of hydrogen-bond acceptors (Lipinski definition) is 5. The van der Waals surface area contributed by atoms with Gasteiger partial charge >= 0.3 is 0 Å². The zero-order valence-corrected chi connectivity index (χ0v) is 13.5. The average molecular weight is 362 g/mol. The van der Waals surface area contributed by atoms with E-state index in [0.29, 0.717) is 5.69 Å². The number of nitrogens with one attached hydrogen (secondary N) is 1. The quantitative estimate of drug-likeness (QED) is 0.905. The molecule has 22 heavy (non-hydrogen) atoms. The molecular weight excluding hydrogens is 346 g/mol. The first kappa shape index (κ1) is 14.9. The van der Waals surface area contributed by atoms with Crippen molar-refractivity contribution in [2.75, 3.05) is 18.0 Å². The highest BCUT2D eigenvalue weighted by atomic mass is 79.9. The van der Waals surface area contributed by atoms with Gasteiger partial charge in [-0.05, 0) is 47.0 Å². The highest BCUT2D eigenvalue weighted by Gasteiger charge is 2.22. The van der Waals surface area contributed by atoms with Crippen molar-refractivity contribution in [1.82, 2.24) is 20.3 Å². The van der Waals surface area contributed by atoms with Crippen LogP contribution in [0.4, 0.5) is 5.82 Å². The lowest BCUT2D eigenvalue weighted by Gasteiger charge is -2.33. The third kappa shape index (κ3) is 3.59. The van der Waals surface area contributed by atoms with E-state index in [1.165, 1.54) is 6.33 Å². The van der Waals surface area contributed by atoms with Gasteiger partial charge in [0.15, 0.2) is 0 Å². The van der Waals surface area contributed by atoms with Crippen molar-refractivity contribution in [2.45, 2.75) is 18.9 Å². The maximum atomic E-state index is 12.1. The van der Waals surface area contributed by atoms with Crippen LogP contribution < -0.4 is 10.2 Å². The number of pyridine rings is 1. The van der Waals surface area contributed by atoms with Crippen LogP contribution in [0.5, 0.6) is 0 Å². The zero-order valence-electron chi connectivity index (χ0n) is 11.9. The number of hydrogen-bond donors (Lipinski definition) is 1. The van der Waals surface area contributed by atoms with Gasteiger partial charge in [0.25, 0.3) is 5.91 Å². The SMILES string of the molecule is O=C(NC1CCN(c2ccc(Br)cn2)CC1)c1ccncn1. The first-order chi connectivity index (χ1) is 10.7. The first-order valence-electron chi connectivity index (χ1n) is 7.16. The summed E-state index contributed by atoms with van der Waals surface area (Å²) < 4.78 is 0.975. The second-order valence-electron chi connectivity index (χ2n) is 5.16. The Labute approximate surface area is 137 Å². The summed E-state index contributed by atoms with van der Waals surface area (Å²) in [4.78, 5) is 26.5. The summed E-state index contributed by atoms with van der Waals surface area (Å²) >= 11 is 3.39. The zero-order chi connectivity index (χ0) is 15.4. The molecule has 0 aromatic carbocycles. The molecule has 1 aliphatic heterocycles. The number of anilines is 1. The Balaban J connectivity index is 1.53. The number of aromatic nitrogens is 3. The number of amides is 1. The molecule has 0 atom stereocenters. The van der Waals surface area contributed by atoms with Crippen molar-refractivity contribution >= 4 is 27.7 Å². The molecule has 3 heterocycles. The fourth-order valence-electron chi connectivity index (χ4n) is 2.49. The standard InChI is InChI=1S/C15H16BrN5O/c16-11-1-2-14(18-9-11)21-7-4-12(5-8-21)20-15(22)13-3-6-17-10-19-13/h1-3,6,9-10,12H,4-5,7-8H2,(H,20,22). The second-order valence-corrected chi connectivity index (χ2v) is 6.08. The van der Waals surface area contributed by atoms with Crippen LogP contribution in [0.3, 0.4) is 0 Å². The van der Waals surface area contributed by atoms with Gasteiger partial charge in [0.1, 0.15) is 17.8 Å². The Morgan fingerprint density at radius 3 is 2.68 bits per heavy atom. The van der Waals surface area contributed by atoms with Gasteiger partial charge in [-0.3, -0.25) is 4.79 Å². The average Bonchev–Trinajstić information content (AvgIpc) is 2.57. The molecule has 114 valence electrons. The maximum Gasteiger partial charge on any atom is 0.270 e. The van der Waals surface area contributed by atoms with Crippen LogP contribution in [0.1, 0.15) is 23.3 Å². The number of rotatable bonds is 3. The van der Waals surface area contributed by atoms with E-state index in [1.807, 2.05) is 12.1 Å². The minimum Gasteiger partial charge on any atom is -0.356 e. The summed E-state index contributed by atoms with van der Waals surface area (Å²) in [5.74, 6) is 0.839. The number of halogens is 1. The Morgan fingerprint density at radius 1 is 1.23 bits per heavy atom. The van der Waals surface area contributed by atoms with Crippen LogP contribution in [0.2, 0.25) is 0 Å². The Morgan fingerprint density at radius 2 is 2.05 bits per heavy atom. The second kappa shape index (κ2) is 6.83. The third-order valence-corrected chi connectivity index (χ3v) is 4.15. The van der Waals surface area contributed by atoms with Crippen molar-refractivity contribution in [3.05, 3.63) is 47.1 Å². The van der Waals surface area contributed by atoms with E-state index in [0.717, 1.165) is 36.2 Å². The first-order valence-corrected chi connectivity index (χ1v) is 7.95. The molecule has 2 aromatic heterocycles. The third-order valence-electron chi connectivity index (χ3n) is 3.68. The molecule has 1 saturated heterocycles. The number of carbonyl (C=O) groups is 1. The molecular formula is C15H16BrN5O. The lowest BCUT2D eigenvalue weighted by atomic mass is 10.0. The lowest BCUT2D eigenvalue weighted by molar-refractivity contribution is 0.0926. The topological polar surface area (TPSA) is 71.0 Å². The Kier molecular flexibility index (Phi) is 4.62. The van der Waals surface area contributed by atoms with Gasteiger partial charge in [0, 0.05) is 36.0 Å². The van der Waals surface area contributed by atoms with Crippen LogP contribution in [-0.2, 0) is 0 Å². The summed E-state index contributed by atoms with van der Waals surface area (Å²) in [6.07, 6.45) is 6.56. The molecule has 0 saturated carbocycles. The molecule has 0 unspecified atom stereocenters. The fraction of sp³-hybridized carbons (Fsp3) is 0.333. The van der Waals surface area contributed by atoms with E-state index in [9.17, 15) is 4.79 Å². The highest BCUT2D eigenvalue weighted by Crippen LogP contribution is 2.19. The van der Waals surface area contributed by atoms with Crippen molar-refractivity contribution in [2.24, 2.45) is 0 Å². The summed E-state index contributed by atoms with van der Waals surface area (Å²) in [6, 6.07) is 5.79. The Bertz CT molecular complexity index is 626. The number of carbonyl (C=O) groups excluding carboxylic acids is 1. The van der Waals surface area contributed by atoms with Gasteiger partial charge in [0.2, 0.25) is 0 Å². The summed E-state index contributed by atoms with van der Waals surface area (Å²) in [7, 11) is 0. The van der Waals surface area contributed by atoms with Crippen LogP contribution in [0.15, 0.2) is 41.4 Å². The van der Waals surface area contributed by atoms with Gasteiger partial charge in [-0.2, -0.15) is 0 Å². The van der Waals surface area contributed by atoms with Gasteiger partial charge in [-0.25, -0.2) is 15.0 Å². The molecule has 1 N–H and O–H groups in total. The Hall–Kier alpha value is -2.02. The molecule has 0 spiro atoms. The summed E-state index contributed by atoms with van der Waals surface area (Å²) in [5, 5.41) is 3.03. The minimum absolute atomic E-state index is 0.136. The maximum absolute atomic E-state index is 12.1. The fourth-order valence-corrected chi connectivity index (χ4v) is 2.73. The number of nitrogens with zero attached hydrogens (tertiary/aromatic N) is 4. The smallest absolute Gasteiger partial charge is 0.270 e. The highest BCUT2D eigenvalue weighted by molar-refractivity contribution is 9.10. The van der Waals surface area contributed by atoms with E-state index in [2.05, 4.69) is 41.1 Å². The number of piperidine rings is 1. The lowest BCUT2D eigenvalue weighted by Crippen LogP contribution is -2.45. The van der Waals surface area contributed by atoms with Crippen LogP contribution in [-0.4, -0.2) is 40.0 Å². The van der Waals surface area contributed by atoms with E-state index in [1.54, 1.807) is 18.5 Å². The molecule has 0 aliphatic carbocycles. The largest absolute Gasteiger partial charge is 0.356 e. The van der Waals surface area contributed by atoms with Gasteiger partial charge in [0.05, 0.1) is 0 Å². The summed E-state index contributed by atoms with van der Waals surface area (Å²) in [6.45, 7) is 1.76. The molecule has 1 amide bonds. The predicted octanol–water partition coefficient (Wildman–Crippen LogP) is 2.03.